The van der Waals surface area contributed by atoms with Crippen molar-refractivity contribution in [2.24, 2.45) is 0 Å². The second kappa shape index (κ2) is 5.34. The number of furan rings is 1. The lowest BCUT2D eigenvalue weighted by molar-refractivity contribution is 0.465. The third-order valence-corrected chi connectivity index (χ3v) is 3.09. The molecule has 0 radical (unpaired) electrons. The molecule has 1 heterocycles. The summed E-state index contributed by atoms with van der Waals surface area (Å²) in [4.78, 5) is 0. The highest BCUT2D eigenvalue weighted by Gasteiger charge is 2.16. The van der Waals surface area contributed by atoms with Crippen LogP contribution in [0.3, 0.4) is 0 Å². The summed E-state index contributed by atoms with van der Waals surface area (Å²) >= 11 is 5.96. The molecule has 2 rings (SSSR count). The molecule has 0 saturated heterocycles. The highest BCUT2D eigenvalue weighted by atomic mass is 35.5. The van der Waals surface area contributed by atoms with Gasteiger partial charge in [0.1, 0.15) is 11.6 Å². The van der Waals surface area contributed by atoms with E-state index in [2.05, 4.69) is 5.32 Å². The summed E-state index contributed by atoms with van der Waals surface area (Å²) in [6.45, 7) is 0. The molecular weight excluding hydrogens is 241 g/mol. The molecule has 4 heteroatoms. The van der Waals surface area contributed by atoms with Crippen LogP contribution < -0.4 is 5.32 Å². The van der Waals surface area contributed by atoms with Crippen LogP contribution in [0.2, 0.25) is 5.02 Å². The summed E-state index contributed by atoms with van der Waals surface area (Å²) < 4.78 is 18.7. The molecular formula is C13H13ClFNO. The summed E-state index contributed by atoms with van der Waals surface area (Å²) in [5.41, 5.74) is 0.741. The lowest BCUT2D eigenvalue weighted by Gasteiger charge is -2.17. The number of halogens is 2. The molecule has 0 fully saturated rings. The standard InChI is InChI=1S/C13H13ClFNO/c1-16-12(8-9-4-3-7-17-9)10-5-2-6-11(15)13(10)14/h2-7,12,16H,8H2,1H3. The van der Waals surface area contributed by atoms with Crippen molar-refractivity contribution < 1.29 is 8.81 Å². The van der Waals surface area contributed by atoms with Crippen LogP contribution in [0, 0.1) is 5.82 Å². The lowest BCUT2D eigenvalue weighted by atomic mass is 10.0. The minimum Gasteiger partial charge on any atom is -0.469 e. The van der Waals surface area contributed by atoms with Gasteiger partial charge in [0, 0.05) is 12.5 Å². The van der Waals surface area contributed by atoms with E-state index in [-0.39, 0.29) is 11.1 Å². The van der Waals surface area contributed by atoms with E-state index in [1.165, 1.54) is 6.07 Å². The van der Waals surface area contributed by atoms with E-state index in [4.69, 9.17) is 16.0 Å². The zero-order chi connectivity index (χ0) is 12.3. The summed E-state index contributed by atoms with van der Waals surface area (Å²) in [5.74, 6) is 0.438. The average molecular weight is 254 g/mol. The quantitative estimate of drug-likeness (QED) is 0.901. The van der Waals surface area contributed by atoms with Crippen LogP contribution in [0.15, 0.2) is 41.0 Å². The first-order valence-electron chi connectivity index (χ1n) is 5.36. The maximum atomic E-state index is 13.4. The van der Waals surface area contributed by atoms with Gasteiger partial charge in [-0.3, -0.25) is 0 Å². The van der Waals surface area contributed by atoms with Crippen LogP contribution in [0.25, 0.3) is 0 Å². The number of hydrogen-bond donors (Lipinski definition) is 1. The van der Waals surface area contributed by atoms with Gasteiger partial charge >= 0.3 is 0 Å². The van der Waals surface area contributed by atoms with Crippen molar-refractivity contribution in [3.8, 4) is 0 Å². The third kappa shape index (κ3) is 2.68. The fourth-order valence-corrected chi connectivity index (χ4v) is 2.04. The van der Waals surface area contributed by atoms with Gasteiger partial charge in [-0.2, -0.15) is 0 Å². The maximum Gasteiger partial charge on any atom is 0.142 e. The first-order chi connectivity index (χ1) is 8.22. The van der Waals surface area contributed by atoms with Crippen LogP contribution in [0.5, 0.6) is 0 Å². The predicted molar refractivity (Wildman–Crippen MR) is 65.6 cm³/mol. The molecule has 1 aromatic heterocycles. The molecule has 0 spiro atoms. The van der Waals surface area contributed by atoms with E-state index < -0.39 is 5.82 Å². The van der Waals surface area contributed by atoms with E-state index in [0.717, 1.165) is 11.3 Å². The van der Waals surface area contributed by atoms with E-state index in [1.807, 2.05) is 25.2 Å². The Hall–Kier alpha value is -1.32. The molecule has 0 bridgehead atoms. The number of benzene rings is 1. The SMILES string of the molecule is CNC(Cc1ccco1)c1cccc(F)c1Cl. The van der Waals surface area contributed by atoms with Crippen molar-refractivity contribution in [3.05, 3.63) is 58.8 Å². The summed E-state index contributed by atoms with van der Waals surface area (Å²) in [6.07, 6.45) is 2.25. The average Bonchev–Trinajstić information content (AvgIpc) is 2.83. The normalized spacial score (nSPS) is 12.6. The van der Waals surface area contributed by atoms with Gasteiger partial charge in [-0.15, -0.1) is 0 Å². The zero-order valence-electron chi connectivity index (χ0n) is 9.41. The second-order valence-electron chi connectivity index (χ2n) is 3.77. The topological polar surface area (TPSA) is 25.2 Å². The molecule has 1 N–H and O–H groups in total. The monoisotopic (exact) mass is 253 g/mol. The molecule has 1 atom stereocenters. The van der Waals surface area contributed by atoms with E-state index >= 15 is 0 Å². The molecule has 0 saturated carbocycles. The minimum atomic E-state index is -0.399. The number of nitrogens with one attached hydrogen (secondary N) is 1. The molecule has 0 aliphatic heterocycles. The van der Waals surface area contributed by atoms with Gasteiger partial charge in [-0.25, -0.2) is 4.39 Å². The van der Waals surface area contributed by atoms with Gasteiger partial charge in [-0.1, -0.05) is 23.7 Å². The van der Waals surface area contributed by atoms with Crippen LogP contribution in [0.4, 0.5) is 4.39 Å². The largest absolute Gasteiger partial charge is 0.469 e. The molecule has 2 nitrogen and oxygen atoms in total. The molecule has 0 amide bonds. The fourth-order valence-electron chi connectivity index (χ4n) is 1.79. The molecule has 17 heavy (non-hydrogen) atoms. The maximum absolute atomic E-state index is 13.4. The minimum absolute atomic E-state index is 0.0654. The van der Waals surface area contributed by atoms with Crippen molar-refractivity contribution in [2.75, 3.05) is 7.05 Å². The van der Waals surface area contributed by atoms with E-state index in [9.17, 15) is 4.39 Å². The smallest absolute Gasteiger partial charge is 0.142 e. The zero-order valence-corrected chi connectivity index (χ0v) is 10.2. The second-order valence-corrected chi connectivity index (χ2v) is 4.15. The van der Waals surface area contributed by atoms with Crippen molar-refractivity contribution in [1.82, 2.24) is 5.32 Å². The summed E-state index contributed by atoms with van der Waals surface area (Å²) in [7, 11) is 1.81. The first kappa shape index (κ1) is 12.1. The molecule has 2 aromatic rings. The Morgan fingerprint density at radius 3 is 2.82 bits per heavy atom. The van der Waals surface area contributed by atoms with Crippen LogP contribution in [0.1, 0.15) is 17.4 Å². The van der Waals surface area contributed by atoms with Crippen molar-refractivity contribution in [3.63, 3.8) is 0 Å². The summed E-state index contributed by atoms with van der Waals surface area (Å²) in [5, 5.41) is 3.28. The van der Waals surface area contributed by atoms with Crippen LogP contribution in [-0.4, -0.2) is 7.05 Å². The van der Waals surface area contributed by atoms with Crippen LogP contribution in [-0.2, 0) is 6.42 Å². The Labute approximate surface area is 104 Å². The Morgan fingerprint density at radius 2 is 2.18 bits per heavy atom. The number of likely N-dealkylation sites (N-methyl/N-ethyl adjacent to an activating group) is 1. The molecule has 1 aromatic carbocycles. The summed E-state index contributed by atoms with van der Waals surface area (Å²) in [6, 6.07) is 8.47. The lowest BCUT2D eigenvalue weighted by Crippen LogP contribution is -2.19. The molecule has 0 aliphatic carbocycles. The van der Waals surface area contributed by atoms with Crippen molar-refractivity contribution >= 4 is 11.6 Å². The molecule has 90 valence electrons. The Morgan fingerprint density at radius 1 is 1.35 bits per heavy atom. The number of hydrogen-bond acceptors (Lipinski definition) is 2. The molecule has 0 aliphatic rings. The van der Waals surface area contributed by atoms with Crippen molar-refractivity contribution in [1.29, 1.82) is 0 Å². The third-order valence-electron chi connectivity index (χ3n) is 2.69. The Kier molecular flexibility index (Phi) is 3.82. The fraction of sp³-hybridized carbons (Fsp3) is 0.231. The Bertz CT molecular complexity index is 484. The van der Waals surface area contributed by atoms with Gasteiger partial charge in [-0.05, 0) is 30.8 Å². The van der Waals surface area contributed by atoms with Gasteiger partial charge in [0.25, 0.3) is 0 Å². The van der Waals surface area contributed by atoms with Crippen LogP contribution >= 0.6 is 11.6 Å². The highest BCUT2D eigenvalue weighted by Crippen LogP contribution is 2.27. The molecule has 1 unspecified atom stereocenters. The van der Waals surface area contributed by atoms with Gasteiger partial charge < -0.3 is 9.73 Å². The van der Waals surface area contributed by atoms with E-state index in [0.29, 0.717) is 6.42 Å². The highest BCUT2D eigenvalue weighted by molar-refractivity contribution is 6.31. The predicted octanol–water partition coefficient (Wildman–Crippen LogP) is 3.58. The van der Waals surface area contributed by atoms with Gasteiger partial charge in [0.15, 0.2) is 0 Å². The van der Waals surface area contributed by atoms with Gasteiger partial charge in [0.2, 0.25) is 0 Å². The Balaban J connectivity index is 2.26. The first-order valence-corrected chi connectivity index (χ1v) is 5.73. The van der Waals surface area contributed by atoms with Gasteiger partial charge in [0.05, 0.1) is 11.3 Å². The van der Waals surface area contributed by atoms with E-state index in [1.54, 1.807) is 12.3 Å². The van der Waals surface area contributed by atoms with Crippen molar-refractivity contribution in [2.45, 2.75) is 12.5 Å². The number of rotatable bonds is 4.